The highest BCUT2D eigenvalue weighted by atomic mass is 35.5. The molecule has 104 valence electrons. The van der Waals surface area contributed by atoms with Crippen molar-refractivity contribution in [1.29, 1.82) is 0 Å². The third kappa shape index (κ3) is 4.54. The Morgan fingerprint density at radius 1 is 1.10 bits per heavy atom. The van der Waals surface area contributed by atoms with Crippen molar-refractivity contribution >= 4 is 29.3 Å². The van der Waals surface area contributed by atoms with Gasteiger partial charge in [0, 0.05) is 27.8 Å². The van der Waals surface area contributed by atoms with E-state index >= 15 is 0 Å². The number of hydrogen-bond donors (Lipinski definition) is 1. The summed E-state index contributed by atoms with van der Waals surface area (Å²) in [5.41, 5.74) is 0.461. The highest BCUT2D eigenvalue weighted by Crippen LogP contribution is 2.19. The van der Waals surface area contributed by atoms with E-state index in [2.05, 4.69) is 5.32 Å². The molecule has 5 heteroatoms. The zero-order valence-electron chi connectivity index (χ0n) is 10.6. The molecular weight excluding hydrogens is 297 g/mol. The predicted molar refractivity (Wildman–Crippen MR) is 80.9 cm³/mol. The van der Waals surface area contributed by atoms with E-state index < -0.39 is 0 Å². The third-order valence-electron chi connectivity index (χ3n) is 2.58. The van der Waals surface area contributed by atoms with Gasteiger partial charge < -0.3 is 5.32 Å². The van der Waals surface area contributed by atoms with Gasteiger partial charge in [-0.15, -0.1) is 11.8 Å². The molecule has 0 saturated heterocycles. The van der Waals surface area contributed by atoms with E-state index in [-0.39, 0.29) is 11.7 Å². The van der Waals surface area contributed by atoms with Gasteiger partial charge in [-0.1, -0.05) is 11.6 Å². The van der Waals surface area contributed by atoms with Crippen molar-refractivity contribution in [3.8, 4) is 0 Å². The van der Waals surface area contributed by atoms with Crippen LogP contribution in [-0.2, 0) is 0 Å². The first-order valence-corrected chi connectivity index (χ1v) is 7.43. The van der Waals surface area contributed by atoms with Gasteiger partial charge in [-0.05, 0) is 48.5 Å². The van der Waals surface area contributed by atoms with Gasteiger partial charge in [0.2, 0.25) is 0 Å². The summed E-state index contributed by atoms with van der Waals surface area (Å²) >= 11 is 7.44. The molecule has 0 spiro atoms. The van der Waals surface area contributed by atoms with Crippen molar-refractivity contribution in [1.82, 2.24) is 5.32 Å². The number of carbonyl (C=O) groups excluding carboxylic acids is 1. The molecule has 0 atom stereocenters. The van der Waals surface area contributed by atoms with Crippen LogP contribution in [0.15, 0.2) is 53.4 Å². The molecule has 0 aliphatic carbocycles. The van der Waals surface area contributed by atoms with Crippen LogP contribution in [-0.4, -0.2) is 18.2 Å². The second-order valence-corrected chi connectivity index (χ2v) is 5.67. The van der Waals surface area contributed by atoms with Crippen LogP contribution in [0.4, 0.5) is 4.39 Å². The Hall–Kier alpha value is -1.52. The number of nitrogens with one attached hydrogen (secondary N) is 1. The maximum Gasteiger partial charge on any atom is 0.251 e. The van der Waals surface area contributed by atoms with Gasteiger partial charge in [0.05, 0.1) is 0 Å². The summed E-state index contributed by atoms with van der Waals surface area (Å²) in [4.78, 5) is 12.9. The average molecular weight is 310 g/mol. The number of amides is 1. The number of benzene rings is 2. The van der Waals surface area contributed by atoms with E-state index in [1.54, 1.807) is 11.8 Å². The zero-order valence-corrected chi connectivity index (χ0v) is 12.2. The second-order valence-electron chi connectivity index (χ2n) is 4.07. The Balaban J connectivity index is 1.74. The summed E-state index contributed by atoms with van der Waals surface area (Å²) in [6.07, 6.45) is 0. The van der Waals surface area contributed by atoms with E-state index in [0.717, 1.165) is 10.6 Å². The van der Waals surface area contributed by atoms with Crippen molar-refractivity contribution in [2.45, 2.75) is 4.90 Å². The summed E-state index contributed by atoms with van der Waals surface area (Å²) in [5, 5.41) is 3.50. The number of thioether (sulfide) groups is 1. The normalized spacial score (nSPS) is 10.3. The lowest BCUT2D eigenvalue weighted by Gasteiger charge is -2.05. The van der Waals surface area contributed by atoms with Gasteiger partial charge in [0.15, 0.2) is 0 Å². The fourth-order valence-electron chi connectivity index (χ4n) is 1.57. The average Bonchev–Trinajstić information content (AvgIpc) is 2.46. The quantitative estimate of drug-likeness (QED) is 0.668. The Labute approximate surface area is 126 Å². The van der Waals surface area contributed by atoms with Gasteiger partial charge >= 0.3 is 0 Å². The van der Waals surface area contributed by atoms with E-state index in [0.29, 0.717) is 17.1 Å². The number of halogens is 2. The smallest absolute Gasteiger partial charge is 0.251 e. The molecule has 2 nitrogen and oxygen atoms in total. The molecule has 0 aliphatic heterocycles. The van der Waals surface area contributed by atoms with Crippen LogP contribution in [0.5, 0.6) is 0 Å². The molecule has 2 rings (SSSR count). The van der Waals surface area contributed by atoms with Crippen molar-refractivity contribution in [2.75, 3.05) is 12.3 Å². The van der Waals surface area contributed by atoms with Crippen molar-refractivity contribution in [3.63, 3.8) is 0 Å². The topological polar surface area (TPSA) is 29.1 Å². The van der Waals surface area contributed by atoms with Crippen LogP contribution in [0.25, 0.3) is 0 Å². The van der Waals surface area contributed by atoms with Crippen LogP contribution >= 0.6 is 23.4 Å². The van der Waals surface area contributed by atoms with Crippen molar-refractivity contribution < 1.29 is 9.18 Å². The van der Waals surface area contributed by atoms with E-state index in [4.69, 9.17) is 11.6 Å². The van der Waals surface area contributed by atoms with E-state index in [9.17, 15) is 9.18 Å². The third-order valence-corrected chi connectivity index (χ3v) is 3.84. The number of carbonyl (C=O) groups is 1. The first kappa shape index (κ1) is 14.9. The van der Waals surface area contributed by atoms with Crippen LogP contribution in [0, 0.1) is 5.82 Å². The first-order chi connectivity index (χ1) is 9.65. The van der Waals surface area contributed by atoms with Gasteiger partial charge in [-0.2, -0.15) is 0 Å². The fourth-order valence-corrected chi connectivity index (χ4v) is 2.46. The van der Waals surface area contributed by atoms with Crippen LogP contribution in [0.3, 0.4) is 0 Å². The maximum atomic E-state index is 12.7. The van der Waals surface area contributed by atoms with E-state index in [1.807, 2.05) is 24.3 Å². The summed E-state index contributed by atoms with van der Waals surface area (Å²) in [6, 6.07) is 13.0. The Kier molecular flexibility index (Phi) is 5.44. The minimum absolute atomic E-state index is 0.193. The molecule has 0 radical (unpaired) electrons. The molecule has 2 aromatic rings. The van der Waals surface area contributed by atoms with Gasteiger partial charge in [0.25, 0.3) is 5.91 Å². The van der Waals surface area contributed by atoms with Crippen molar-refractivity contribution in [3.05, 3.63) is 64.9 Å². The molecule has 0 aromatic heterocycles. The fraction of sp³-hybridized carbons (Fsp3) is 0.133. The van der Waals surface area contributed by atoms with Crippen LogP contribution in [0.2, 0.25) is 5.02 Å². The lowest BCUT2D eigenvalue weighted by molar-refractivity contribution is 0.0956. The zero-order chi connectivity index (χ0) is 14.4. The van der Waals surface area contributed by atoms with E-state index in [1.165, 1.54) is 24.3 Å². The molecule has 0 saturated carbocycles. The molecule has 1 N–H and O–H groups in total. The van der Waals surface area contributed by atoms with Gasteiger partial charge in [0.1, 0.15) is 5.82 Å². The summed E-state index contributed by atoms with van der Waals surface area (Å²) in [7, 11) is 0. The molecule has 0 unspecified atom stereocenters. The predicted octanol–water partition coefficient (Wildman–Crippen LogP) is 4.00. The van der Waals surface area contributed by atoms with Crippen LogP contribution in [0.1, 0.15) is 10.4 Å². The van der Waals surface area contributed by atoms with Gasteiger partial charge in [-0.25, -0.2) is 4.39 Å². The minimum Gasteiger partial charge on any atom is -0.351 e. The Morgan fingerprint density at radius 2 is 1.75 bits per heavy atom. The number of rotatable bonds is 5. The molecule has 1 amide bonds. The lowest BCUT2D eigenvalue weighted by atomic mass is 10.2. The molecule has 0 aliphatic rings. The highest BCUT2D eigenvalue weighted by molar-refractivity contribution is 7.99. The Bertz CT molecular complexity index is 571. The monoisotopic (exact) mass is 309 g/mol. The molecule has 20 heavy (non-hydrogen) atoms. The van der Waals surface area contributed by atoms with Crippen molar-refractivity contribution in [2.24, 2.45) is 0 Å². The van der Waals surface area contributed by atoms with Gasteiger partial charge in [-0.3, -0.25) is 4.79 Å². The summed E-state index contributed by atoms with van der Waals surface area (Å²) in [6.45, 7) is 0.545. The summed E-state index contributed by atoms with van der Waals surface area (Å²) < 4.78 is 12.7. The minimum atomic E-state index is -0.347. The number of hydrogen-bond acceptors (Lipinski definition) is 2. The standard InChI is InChI=1S/C15H13ClFNOS/c16-12-3-7-14(8-4-12)20-10-9-18-15(19)11-1-5-13(17)6-2-11/h1-8H,9-10H2,(H,18,19). The first-order valence-electron chi connectivity index (χ1n) is 6.07. The highest BCUT2D eigenvalue weighted by Gasteiger charge is 2.04. The van der Waals surface area contributed by atoms with Crippen LogP contribution < -0.4 is 5.32 Å². The SMILES string of the molecule is O=C(NCCSc1ccc(Cl)cc1)c1ccc(F)cc1. The molecule has 0 bridgehead atoms. The molecule has 0 heterocycles. The second kappa shape index (κ2) is 7.31. The Morgan fingerprint density at radius 3 is 2.40 bits per heavy atom. The lowest BCUT2D eigenvalue weighted by Crippen LogP contribution is -2.25. The molecular formula is C15H13ClFNOS. The largest absolute Gasteiger partial charge is 0.351 e. The molecule has 2 aromatic carbocycles. The molecule has 0 fully saturated rings. The maximum absolute atomic E-state index is 12.7. The summed E-state index contributed by atoms with van der Waals surface area (Å²) in [5.74, 6) is 0.218.